The molecule has 2 saturated heterocycles. The van der Waals surface area contributed by atoms with E-state index in [0.717, 1.165) is 30.4 Å². The average molecular weight is 747 g/mol. The number of aliphatic imine (C=N–C) groups is 1. The Hall–Kier alpha value is -2.84. The summed E-state index contributed by atoms with van der Waals surface area (Å²) < 4.78 is 49.9. The first-order chi connectivity index (χ1) is 23.6. The number of nitrogens with zero attached hydrogens (tertiary/aromatic N) is 5. The molecule has 3 heterocycles. The van der Waals surface area contributed by atoms with Gasteiger partial charge in [-0.3, -0.25) is 9.89 Å². The number of amides is 2. The van der Waals surface area contributed by atoms with E-state index in [-0.39, 0.29) is 10.9 Å². The fraction of sp³-hybridized carbons (Fsp3) is 0.429. The molecule has 0 aromatic heterocycles. The Morgan fingerprint density at radius 1 is 0.878 bits per heavy atom. The van der Waals surface area contributed by atoms with E-state index in [1.54, 1.807) is 52.3 Å². The van der Waals surface area contributed by atoms with Gasteiger partial charge in [0, 0.05) is 47.6 Å². The van der Waals surface area contributed by atoms with Crippen LogP contribution in [-0.4, -0.2) is 94.9 Å². The Balaban J connectivity index is 1.50. The van der Waals surface area contributed by atoms with Crippen LogP contribution in [0.3, 0.4) is 0 Å². The molecule has 2 fully saturated rings. The number of hydrogen-bond donors (Lipinski definition) is 0. The number of sulfonamides is 1. The van der Waals surface area contributed by atoms with Crippen LogP contribution in [0.5, 0.6) is 5.75 Å². The molecule has 3 atom stereocenters. The second kappa shape index (κ2) is 15.6. The summed E-state index contributed by atoms with van der Waals surface area (Å²) in [5.41, 5.74) is 2.04. The number of carbonyl (C=O) groups is 1. The molecule has 0 saturated carbocycles. The largest absolute Gasteiger partial charge is 0.598 e. The molecule has 2 amide bonds. The number of hydrogen-bond acceptors (Lipinski definition) is 7. The molecule has 262 valence electrons. The summed E-state index contributed by atoms with van der Waals surface area (Å²) in [7, 11) is -3.82. The zero-order valence-corrected chi connectivity index (χ0v) is 30.8. The van der Waals surface area contributed by atoms with E-state index in [1.165, 1.54) is 4.31 Å². The van der Waals surface area contributed by atoms with Crippen molar-refractivity contribution >= 4 is 56.5 Å². The second-order valence-electron chi connectivity index (χ2n) is 12.2. The number of halogens is 2. The number of urea groups is 1. The SMILES string of the molecule is CCOc1ccc(S(=O)(=O)N2CCCCC2)cc1C1=NC(c2ccc(Cl)cc2)C(c2ccc(Cl)cc2)N1C(=O)N1CCN([S+]([O-])CC)CC1. The summed E-state index contributed by atoms with van der Waals surface area (Å²) in [4.78, 5) is 23.7. The summed E-state index contributed by atoms with van der Waals surface area (Å²) in [6.45, 7) is 6.65. The summed E-state index contributed by atoms with van der Waals surface area (Å²) in [6.07, 6.45) is 2.61. The molecule has 3 aliphatic heterocycles. The topological polar surface area (TPSA) is 109 Å². The zero-order valence-electron chi connectivity index (χ0n) is 27.6. The van der Waals surface area contributed by atoms with Crippen molar-refractivity contribution in [3.8, 4) is 5.75 Å². The van der Waals surface area contributed by atoms with Gasteiger partial charge in [0.2, 0.25) is 10.0 Å². The molecule has 3 unspecified atom stereocenters. The van der Waals surface area contributed by atoms with Crippen molar-refractivity contribution in [3.05, 3.63) is 93.5 Å². The highest BCUT2D eigenvalue weighted by Crippen LogP contribution is 2.46. The lowest BCUT2D eigenvalue weighted by atomic mass is 9.93. The molecule has 3 aromatic carbocycles. The maximum Gasteiger partial charge on any atom is 0.326 e. The molecule has 0 N–H and O–H groups in total. The van der Waals surface area contributed by atoms with Crippen LogP contribution in [0, 0.1) is 0 Å². The first kappa shape index (κ1) is 36.0. The molecule has 49 heavy (non-hydrogen) atoms. The lowest BCUT2D eigenvalue weighted by Crippen LogP contribution is -2.55. The van der Waals surface area contributed by atoms with Crippen LogP contribution in [0.2, 0.25) is 10.0 Å². The number of ether oxygens (including phenoxy) is 1. The van der Waals surface area contributed by atoms with Gasteiger partial charge in [0.1, 0.15) is 23.4 Å². The maximum absolute atomic E-state index is 14.9. The Morgan fingerprint density at radius 2 is 1.49 bits per heavy atom. The molecule has 0 radical (unpaired) electrons. The van der Waals surface area contributed by atoms with E-state index < -0.39 is 33.5 Å². The van der Waals surface area contributed by atoms with E-state index in [4.69, 9.17) is 32.9 Å². The van der Waals surface area contributed by atoms with Crippen molar-refractivity contribution in [1.82, 2.24) is 18.4 Å². The number of rotatable bonds is 9. The van der Waals surface area contributed by atoms with Gasteiger partial charge < -0.3 is 14.2 Å². The van der Waals surface area contributed by atoms with Gasteiger partial charge in [-0.1, -0.05) is 53.9 Å². The van der Waals surface area contributed by atoms with Gasteiger partial charge in [-0.05, 0) is 80.3 Å². The third kappa shape index (κ3) is 7.61. The molecule has 3 aromatic rings. The van der Waals surface area contributed by atoms with Gasteiger partial charge >= 0.3 is 6.03 Å². The Morgan fingerprint density at radius 3 is 2.08 bits per heavy atom. The standard InChI is InChI=1S/C35H41Cl2N5O5S2/c1-3-47-31-17-16-29(49(45,46)41-18-6-5-7-19-41)24-30(31)34-38-32(25-8-12-27(36)13-9-25)33(26-10-14-28(37)15-11-26)42(34)35(43)39-20-22-40(23-21-39)48(44)4-2/h8-17,24,32-33H,3-7,18-23H2,1-2H3. The molecule has 3 aliphatic rings. The minimum atomic E-state index is -3.82. The predicted molar refractivity (Wildman–Crippen MR) is 194 cm³/mol. The van der Waals surface area contributed by atoms with Crippen LogP contribution >= 0.6 is 23.2 Å². The van der Waals surface area contributed by atoms with Gasteiger partial charge in [-0.15, -0.1) is 4.31 Å². The van der Waals surface area contributed by atoms with Crippen molar-refractivity contribution in [2.24, 2.45) is 4.99 Å². The molecule has 0 spiro atoms. The Kier molecular flexibility index (Phi) is 11.4. The van der Waals surface area contributed by atoms with Crippen molar-refractivity contribution in [2.45, 2.75) is 50.1 Å². The van der Waals surface area contributed by atoms with Crippen molar-refractivity contribution in [3.63, 3.8) is 0 Å². The highest BCUT2D eigenvalue weighted by Gasteiger charge is 2.45. The fourth-order valence-corrected chi connectivity index (χ4v) is 9.38. The summed E-state index contributed by atoms with van der Waals surface area (Å²) in [5, 5.41) is 1.12. The number of piperidine rings is 1. The number of carbonyl (C=O) groups excluding carboxylic acids is 1. The van der Waals surface area contributed by atoms with Gasteiger partial charge in [0.25, 0.3) is 0 Å². The Bertz CT molecular complexity index is 1760. The quantitative estimate of drug-likeness (QED) is 0.231. The summed E-state index contributed by atoms with van der Waals surface area (Å²) >= 11 is 11.5. The highest BCUT2D eigenvalue weighted by atomic mass is 35.5. The van der Waals surface area contributed by atoms with E-state index in [9.17, 15) is 17.8 Å². The average Bonchev–Trinajstić information content (AvgIpc) is 3.52. The van der Waals surface area contributed by atoms with E-state index >= 15 is 0 Å². The van der Waals surface area contributed by atoms with Gasteiger partial charge in [-0.25, -0.2) is 13.2 Å². The van der Waals surface area contributed by atoms with Crippen LogP contribution in [0.1, 0.15) is 61.9 Å². The van der Waals surface area contributed by atoms with Gasteiger partial charge in [0.05, 0.1) is 36.2 Å². The highest BCUT2D eigenvalue weighted by molar-refractivity contribution is 7.89. The minimum Gasteiger partial charge on any atom is -0.598 e. The number of benzene rings is 3. The molecule has 10 nitrogen and oxygen atoms in total. The lowest BCUT2D eigenvalue weighted by Gasteiger charge is -2.38. The molecule has 0 aliphatic carbocycles. The smallest absolute Gasteiger partial charge is 0.326 e. The second-order valence-corrected chi connectivity index (χ2v) is 16.7. The van der Waals surface area contributed by atoms with Crippen molar-refractivity contribution in [2.75, 3.05) is 51.6 Å². The van der Waals surface area contributed by atoms with E-state index in [2.05, 4.69) is 0 Å². The van der Waals surface area contributed by atoms with Crippen molar-refractivity contribution in [1.29, 1.82) is 0 Å². The summed E-state index contributed by atoms with van der Waals surface area (Å²) in [6, 6.07) is 18.1. The summed E-state index contributed by atoms with van der Waals surface area (Å²) in [5.74, 6) is 1.24. The predicted octanol–water partition coefficient (Wildman–Crippen LogP) is 6.53. The van der Waals surface area contributed by atoms with E-state index in [1.807, 2.05) is 42.4 Å². The number of amidine groups is 1. The zero-order chi connectivity index (χ0) is 34.7. The third-order valence-electron chi connectivity index (χ3n) is 9.18. The lowest BCUT2D eigenvalue weighted by molar-refractivity contribution is 0.143. The van der Waals surface area contributed by atoms with Crippen LogP contribution in [-0.2, 0) is 21.4 Å². The van der Waals surface area contributed by atoms with Gasteiger partial charge in [0.15, 0.2) is 0 Å². The van der Waals surface area contributed by atoms with Crippen LogP contribution < -0.4 is 4.74 Å². The van der Waals surface area contributed by atoms with Gasteiger partial charge in [-0.2, -0.15) is 4.31 Å². The number of piperazine rings is 1. The molecular formula is C35H41Cl2N5O5S2. The normalized spacial score (nSPS) is 21.4. The maximum atomic E-state index is 14.9. The molecule has 6 rings (SSSR count). The van der Waals surface area contributed by atoms with Crippen LogP contribution in [0.4, 0.5) is 4.79 Å². The van der Waals surface area contributed by atoms with Crippen molar-refractivity contribution < 1.29 is 22.5 Å². The Labute approximate surface area is 302 Å². The molecule has 14 heteroatoms. The van der Waals surface area contributed by atoms with Crippen LogP contribution in [0.15, 0.2) is 76.6 Å². The van der Waals surface area contributed by atoms with E-state index in [0.29, 0.717) is 78.8 Å². The first-order valence-electron chi connectivity index (χ1n) is 16.7. The third-order valence-corrected chi connectivity index (χ3v) is 13.0. The molecule has 0 bridgehead atoms. The van der Waals surface area contributed by atoms with Crippen LogP contribution in [0.25, 0.3) is 0 Å². The first-order valence-corrected chi connectivity index (χ1v) is 20.2. The fourth-order valence-electron chi connectivity index (χ4n) is 6.65. The minimum absolute atomic E-state index is 0.122. The molecular weight excluding hydrogens is 705 g/mol. The monoisotopic (exact) mass is 745 g/mol.